The maximum Gasteiger partial charge on any atom is 0.123 e. The monoisotopic (exact) mass is 97.1 g/mol. The molecule has 1 aliphatic heterocycles. The molecule has 0 saturated heterocycles. The minimum Gasteiger partial charge on any atom is -0.274 e. The van der Waals surface area contributed by atoms with Crippen LogP contribution in [0.3, 0.4) is 0 Å². The number of hydroxylamine groups is 1. The zero-order valence-electron chi connectivity index (χ0n) is 3.92. The van der Waals surface area contributed by atoms with Crippen molar-refractivity contribution in [3.63, 3.8) is 0 Å². The van der Waals surface area contributed by atoms with E-state index < -0.39 is 0 Å². The Bertz CT molecular complexity index is 98.3. The summed E-state index contributed by atoms with van der Waals surface area (Å²) >= 11 is 0. The van der Waals surface area contributed by atoms with Crippen molar-refractivity contribution in [2.45, 2.75) is 6.10 Å². The van der Waals surface area contributed by atoms with Gasteiger partial charge in [0.1, 0.15) is 6.10 Å². The number of nitrogens with one attached hydrogen (secondary N) is 1. The second-order valence-corrected chi connectivity index (χ2v) is 1.30. The van der Waals surface area contributed by atoms with Gasteiger partial charge in [-0.25, -0.2) is 0 Å². The lowest BCUT2D eigenvalue weighted by atomic mass is 10.4. The van der Waals surface area contributed by atoms with Gasteiger partial charge in [0.15, 0.2) is 0 Å². The van der Waals surface area contributed by atoms with Crippen molar-refractivity contribution in [1.29, 1.82) is 0 Å². The van der Waals surface area contributed by atoms with Gasteiger partial charge >= 0.3 is 0 Å². The molecule has 2 heteroatoms. The lowest BCUT2D eigenvalue weighted by molar-refractivity contribution is 0.0740. The van der Waals surface area contributed by atoms with E-state index in [1.165, 1.54) is 0 Å². The molecule has 38 valence electrons. The topological polar surface area (TPSA) is 21.3 Å². The van der Waals surface area contributed by atoms with E-state index in [1.54, 1.807) is 12.3 Å². The summed E-state index contributed by atoms with van der Waals surface area (Å²) in [4.78, 5) is 4.82. The molecule has 1 aliphatic rings. The van der Waals surface area contributed by atoms with Gasteiger partial charge < -0.3 is 0 Å². The van der Waals surface area contributed by atoms with Crippen molar-refractivity contribution < 1.29 is 4.84 Å². The fourth-order valence-electron chi connectivity index (χ4n) is 0.418. The van der Waals surface area contributed by atoms with Gasteiger partial charge in [-0.2, -0.15) is 0 Å². The zero-order valence-corrected chi connectivity index (χ0v) is 3.92. The Labute approximate surface area is 42.4 Å². The van der Waals surface area contributed by atoms with Crippen molar-refractivity contribution in [2.75, 3.05) is 0 Å². The second-order valence-electron chi connectivity index (χ2n) is 1.30. The molecule has 0 amide bonds. The van der Waals surface area contributed by atoms with Gasteiger partial charge in [-0.15, -0.1) is 6.58 Å². The molecule has 0 aromatic rings. The van der Waals surface area contributed by atoms with E-state index in [1.807, 2.05) is 6.08 Å². The highest BCUT2D eigenvalue weighted by Crippen LogP contribution is 1.96. The van der Waals surface area contributed by atoms with E-state index in [0.29, 0.717) is 0 Å². The summed E-state index contributed by atoms with van der Waals surface area (Å²) in [6.45, 7) is 3.53. The molecule has 0 aliphatic carbocycles. The molecule has 0 spiro atoms. The van der Waals surface area contributed by atoms with Crippen LogP contribution in [-0.4, -0.2) is 6.10 Å². The average molecular weight is 97.1 g/mol. The van der Waals surface area contributed by atoms with E-state index in [-0.39, 0.29) is 6.10 Å². The summed E-state index contributed by atoms with van der Waals surface area (Å²) in [5.74, 6) is 0. The normalized spacial score (nSPS) is 27.1. The minimum atomic E-state index is 0.0694. The summed E-state index contributed by atoms with van der Waals surface area (Å²) in [6, 6.07) is 0. The largest absolute Gasteiger partial charge is 0.274 e. The van der Waals surface area contributed by atoms with E-state index >= 15 is 0 Å². The van der Waals surface area contributed by atoms with Crippen LogP contribution in [0.15, 0.2) is 24.9 Å². The predicted octanol–water partition coefficient (Wildman–Crippen LogP) is 0.589. The third-order valence-electron chi connectivity index (χ3n) is 0.790. The Balaban J connectivity index is 2.42. The molecule has 0 fully saturated rings. The molecule has 1 heterocycles. The van der Waals surface area contributed by atoms with Crippen molar-refractivity contribution in [3.05, 3.63) is 24.9 Å². The maximum absolute atomic E-state index is 4.82. The fourth-order valence-corrected chi connectivity index (χ4v) is 0.418. The first kappa shape index (κ1) is 4.40. The summed E-state index contributed by atoms with van der Waals surface area (Å²) in [5.41, 5.74) is 2.57. The average Bonchev–Trinajstić information content (AvgIpc) is 2.14. The van der Waals surface area contributed by atoms with Crippen LogP contribution < -0.4 is 5.48 Å². The summed E-state index contributed by atoms with van der Waals surface area (Å²) in [7, 11) is 0. The smallest absolute Gasteiger partial charge is 0.123 e. The quantitative estimate of drug-likeness (QED) is 0.483. The van der Waals surface area contributed by atoms with Crippen LogP contribution in [0, 0.1) is 0 Å². The van der Waals surface area contributed by atoms with Crippen LogP contribution in [0.4, 0.5) is 0 Å². The van der Waals surface area contributed by atoms with Gasteiger partial charge in [-0.3, -0.25) is 10.3 Å². The predicted molar refractivity (Wildman–Crippen MR) is 27.3 cm³/mol. The van der Waals surface area contributed by atoms with Crippen LogP contribution in [0.5, 0.6) is 0 Å². The van der Waals surface area contributed by atoms with Crippen molar-refractivity contribution >= 4 is 0 Å². The molecule has 1 unspecified atom stereocenters. The number of rotatable bonds is 1. The summed E-state index contributed by atoms with van der Waals surface area (Å²) in [5, 5.41) is 0. The van der Waals surface area contributed by atoms with Gasteiger partial charge in [0.2, 0.25) is 0 Å². The standard InChI is InChI=1S/C5H7NO/c1-2-5-3-4-6-7-5/h2-6H,1H2. The number of hydrogen-bond acceptors (Lipinski definition) is 2. The third-order valence-corrected chi connectivity index (χ3v) is 0.790. The van der Waals surface area contributed by atoms with E-state index in [9.17, 15) is 0 Å². The van der Waals surface area contributed by atoms with Gasteiger partial charge in [-0.1, -0.05) is 6.08 Å². The van der Waals surface area contributed by atoms with Crippen LogP contribution >= 0.6 is 0 Å². The molecule has 0 aromatic heterocycles. The van der Waals surface area contributed by atoms with Gasteiger partial charge in [0.25, 0.3) is 0 Å². The molecule has 1 N–H and O–H groups in total. The van der Waals surface area contributed by atoms with Crippen molar-refractivity contribution in [2.24, 2.45) is 0 Å². The lowest BCUT2D eigenvalue weighted by Crippen LogP contribution is -2.06. The summed E-state index contributed by atoms with van der Waals surface area (Å²) < 4.78 is 0. The molecule has 0 bridgehead atoms. The molecular weight excluding hydrogens is 90.1 g/mol. The Hall–Kier alpha value is -0.760. The van der Waals surface area contributed by atoms with Crippen LogP contribution in [0.25, 0.3) is 0 Å². The van der Waals surface area contributed by atoms with Gasteiger partial charge in [-0.05, 0) is 6.08 Å². The van der Waals surface area contributed by atoms with Crippen LogP contribution in [-0.2, 0) is 4.84 Å². The molecule has 7 heavy (non-hydrogen) atoms. The fraction of sp³-hybridized carbons (Fsp3) is 0.200. The maximum atomic E-state index is 4.82. The van der Waals surface area contributed by atoms with Crippen molar-refractivity contribution in [1.82, 2.24) is 5.48 Å². The van der Waals surface area contributed by atoms with Crippen LogP contribution in [0.2, 0.25) is 0 Å². The van der Waals surface area contributed by atoms with Crippen molar-refractivity contribution in [3.8, 4) is 0 Å². The molecule has 1 atom stereocenters. The van der Waals surface area contributed by atoms with Gasteiger partial charge in [0, 0.05) is 6.20 Å². The SMILES string of the molecule is C=CC1C=CNO1. The molecular formula is C5H7NO. The summed E-state index contributed by atoms with van der Waals surface area (Å²) in [6.07, 6.45) is 5.41. The Morgan fingerprint density at radius 2 is 2.71 bits per heavy atom. The highest BCUT2D eigenvalue weighted by Gasteiger charge is 2.01. The first-order valence-electron chi connectivity index (χ1n) is 2.14. The number of hydrogen-bond donors (Lipinski definition) is 1. The molecule has 0 radical (unpaired) electrons. The zero-order chi connectivity index (χ0) is 5.11. The Morgan fingerprint density at radius 1 is 1.86 bits per heavy atom. The first-order chi connectivity index (χ1) is 3.43. The molecule has 0 saturated carbocycles. The third kappa shape index (κ3) is 0.810. The van der Waals surface area contributed by atoms with E-state index in [0.717, 1.165) is 0 Å². The molecule has 1 rings (SSSR count). The molecule has 0 aromatic carbocycles. The van der Waals surface area contributed by atoms with Gasteiger partial charge in [0.05, 0.1) is 0 Å². The Morgan fingerprint density at radius 3 is 3.00 bits per heavy atom. The minimum absolute atomic E-state index is 0.0694. The van der Waals surface area contributed by atoms with E-state index in [2.05, 4.69) is 12.1 Å². The highest BCUT2D eigenvalue weighted by atomic mass is 16.7. The molecule has 2 nitrogen and oxygen atoms in total. The lowest BCUT2D eigenvalue weighted by Gasteiger charge is -1.96. The van der Waals surface area contributed by atoms with E-state index in [4.69, 9.17) is 4.84 Å². The Kier molecular flexibility index (Phi) is 1.13. The first-order valence-corrected chi connectivity index (χ1v) is 2.14. The van der Waals surface area contributed by atoms with Crippen LogP contribution in [0.1, 0.15) is 0 Å². The second kappa shape index (κ2) is 1.80. The highest BCUT2D eigenvalue weighted by molar-refractivity contribution is 5.00.